The molecule has 4 aliphatic carbocycles. The number of carbonyl (C=O) groups excluding carboxylic acids is 3. The Bertz CT molecular complexity index is 1250. The molecule has 2 atom stereocenters. The van der Waals surface area contributed by atoms with Crippen molar-refractivity contribution in [2.45, 2.75) is 102 Å². The van der Waals surface area contributed by atoms with Crippen LogP contribution in [-0.2, 0) is 27.2 Å². The lowest BCUT2D eigenvalue weighted by Crippen LogP contribution is -2.57. The number of nitrogens with two attached hydrogens (primary N) is 1. The quantitative estimate of drug-likeness (QED) is 0.242. The number of ether oxygens (including phenoxy) is 1. The van der Waals surface area contributed by atoms with Gasteiger partial charge in [-0.05, 0) is 98.9 Å². The van der Waals surface area contributed by atoms with Gasteiger partial charge < -0.3 is 26.4 Å². The monoisotopic (exact) mass is 616 g/mol. The second-order valence-electron chi connectivity index (χ2n) is 13.9. The highest BCUT2D eigenvalue weighted by Crippen LogP contribution is 2.56. The summed E-state index contributed by atoms with van der Waals surface area (Å²) in [6.07, 6.45) is 12.2. The van der Waals surface area contributed by atoms with Crippen LogP contribution in [0.1, 0.15) is 88.7 Å². The van der Waals surface area contributed by atoms with Crippen LogP contribution in [0.25, 0.3) is 0 Å². The molecule has 2 aromatic carbocycles. The summed E-state index contributed by atoms with van der Waals surface area (Å²) in [6.45, 7) is 3.87. The zero-order valence-corrected chi connectivity index (χ0v) is 27.0. The second-order valence-corrected chi connectivity index (χ2v) is 13.9. The van der Waals surface area contributed by atoms with Gasteiger partial charge in [-0.25, -0.2) is 0 Å². The van der Waals surface area contributed by atoms with E-state index in [-0.39, 0.29) is 34.5 Å². The van der Waals surface area contributed by atoms with Gasteiger partial charge in [0.25, 0.3) is 0 Å². The standard InChI is InChI=1S/C37H52N4O4/c1-2-45-30-15-13-28(14-16-30)24-32(40-33(42)29-11-7-4-8-12-29)35(44)41-31(23-27-9-5-3-6-10-27)34(43)39-26-37-20-17-36(25-38,18-21-37)19-22-37/h3,5-6,9-10,13-16,29,31-32H,2,4,7-8,11-12,17-26,38H2,1H3,(H,39,43)(H,40,42)(H,41,44)/t31-,32+,36?,37?/m0/s1. The lowest BCUT2D eigenvalue weighted by atomic mass is 9.54. The number of rotatable bonds is 14. The van der Waals surface area contributed by atoms with E-state index in [0.717, 1.165) is 94.1 Å². The molecule has 5 N–H and O–H groups in total. The van der Waals surface area contributed by atoms with Crippen LogP contribution in [0.4, 0.5) is 0 Å². The molecule has 45 heavy (non-hydrogen) atoms. The van der Waals surface area contributed by atoms with Crippen molar-refractivity contribution in [3.63, 3.8) is 0 Å². The molecule has 8 heteroatoms. The van der Waals surface area contributed by atoms with E-state index >= 15 is 0 Å². The Hall–Kier alpha value is -3.39. The minimum atomic E-state index is -0.803. The maximum absolute atomic E-state index is 14.0. The highest BCUT2D eigenvalue weighted by molar-refractivity contribution is 5.92. The summed E-state index contributed by atoms with van der Waals surface area (Å²) >= 11 is 0. The number of carbonyl (C=O) groups is 3. The second kappa shape index (κ2) is 15.3. The Morgan fingerprint density at radius 3 is 1.96 bits per heavy atom. The first kappa shape index (κ1) is 33.0. The molecule has 0 saturated heterocycles. The van der Waals surface area contributed by atoms with E-state index in [1.165, 1.54) is 0 Å². The first-order chi connectivity index (χ1) is 21.8. The number of hydrogen-bond donors (Lipinski definition) is 4. The largest absolute Gasteiger partial charge is 0.494 e. The third kappa shape index (κ3) is 8.66. The number of fused-ring (bicyclic) bond motifs is 3. The average Bonchev–Trinajstić information content (AvgIpc) is 3.09. The molecule has 2 bridgehead atoms. The summed E-state index contributed by atoms with van der Waals surface area (Å²) < 4.78 is 5.59. The van der Waals surface area contributed by atoms with Gasteiger partial charge in [0.15, 0.2) is 0 Å². The van der Waals surface area contributed by atoms with Crippen molar-refractivity contribution in [1.82, 2.24) is 16.0 Å². The number of amides is 3. The fourth-order valence-electron chi connectivity index (χ4n) is 7.63. The Balaban J connectivity index is 1.30. The molecule has 0 aromatic heterocycles. The van der Waals surface area contributed by atoms with Gasteiger partial charge in [-0.15, -0.1) is 0 Å². The van der Waals surface area contributed by atoms with Crippen LogP contribution in [0.5, 0.6) is 5.75 Å². The van der Waals surface area contributed by atoms with Gasteiger partial charge in [0.05, 0.1) is 6.61 Å². The lowest BCUT2D eigenvalue weighted by molar-refractivity contribution is -0.133. The van der Waals surface area contributed by atoms with Crippen LogP contribution in [0, 0.1) is 16.7 Å². The first-order valence-electron chi connectivity index (χ1n) is 17.2. The Labute approximate surface area is 268 Å². The zero-order valence-electron chi connectivity index (χ0n) is 27.0. The number of nitrogens with one attached hydrogen (secondary N) is 3. The van der Waals surface area contributed by atoms with E-state index in [1.807, 2.05) is 61.5 Å². The van der Waals surface area contributed by atoms with Crippen molar-refractivity contribution < 1.29 is 19.1 Å². The molecule has 3 amide bonds. The van der Waals surface area contributed by atoms with Crippen LogP contribution in [0.3, 0.4) is 0 Å². The molecule has 6 rings (SSSR count). The van der Waals surface area contributed by atoms with Gasteiger partial charge in [0, 0.05) is 25.3 Å². The molecule has 0 spiro atoms. The van der Waals surface area contributed by atoms with E-state index < -0.39 is 12.1 Å². The van der Waals surface area contributed by atoms with Gasteiger partial charge in [0.2, 0.25) is 17.7 Å². The maximum Gasteiger partial charge on any atom is 0.243 e. The fraction of sp³-hybridized carbons (Fsp3) is 0.595. The summed E-state index contributed by atoms with van der Waals surface area (Å²) in [5.41, 5.74) is 8.39. The lowest BCUT2D eigenvalue weighted by Gasteiger charge is -2.53. The van der Waals surface area contributed by atoms with E-state index in [0.29, 0.717) is 26.0 Å². The highest BCUT2D eigenvalue weighted by atomic mass is 16.5. The molecule has 0 aliphatic heterocycles. The smallest absolute Gasteiger partial charge is 0.243 e. The molecule has 2 aromatic rings. The van der Waals surface area contributed by atoms with Crippen LogP contribution in [0.2, 0.25) is 0 Å². The SMILES string of the molecule is CCOc1ccc(C[C@@H](NC(=O)C2CCCCC2)C(=O)N[C@@H](Cc2ccccc2)C(=O)NCC23CCC(CN)(CC2)CC3)cc1. The average molecular weight is 617 g/mol. The zero-order chi connectivity index (χ0) is 31.7. The van der Waals surface area contributed by atoms with Gasteiger partial charge in [-0.3, -0.25) is 14.4 Å². The molecule has 0 unspecified atom stereocenters. The van der Waals surface area contributed by atoms with Crippen molar-refractivity contribution in [2.24, 2.45) is 22.5 Å². The van der Waals surface area contributed by atoms with E-state index in [1.54, 1.807) is 0 Å². The maximum atomic E-state index is 14.0. The molecule has 4 aliphatic rings. The van der Waals surface area contributed by atoms with E-state index in [9.17, 15) is 14.4 Å². The van der Waals surface area contributed by atoms with Gasteiger partial charge in [0.1, 0.15) is 17.8 Å². The minimum absolute atomic E-state index is 0.0768. The summed E-state index contributed by atoms with van der Waals surface area (Å²) in [7, 11) is 0. The fourth-order valence-corrected chi connectivity index (χ4v) is 7.63. The van der Waals surface area contributed by atoms with E-state index in [4.69, 9.17) is 10.5 Å². The van der Waals surface area contributed by atoms with Gasteiger partial charge >= 0.3 is 0 Å². The topological polar surface area (TPSA) is 123 Å². The van der Waals surface area contributed by atoms with Crippen molar-refractivity contribution >= 4 is 17.7 Å². The molecule has 8 nitrogen and oxygen atoms in total. The van der Waals surface area contributed by atoms with Crippen LogP contribution >= 0.6 is 0 Å². The van der Waals surface area contributed by atoms with Crippen LogP contribution in [-0.4, -0.2) is 49.5 Å². The molecule has 4 fully saturated rings. The minimum Gasteiger partial charge on any atom is -0.494 e. The number of benzene rings is 2. The molecule has 0 radical (unpaired) electrons. The third-order valence-electron chi connectivity index (χ3n) is 10.8. The van der Waals surface area contributed by atoms with Crippen molar-refractivity contribution in [1.29, 1.82) is 0 Å². The summed E-state index contributed by atoms with van der Waals surface area (Å²) in [5.74, 6) is 0.0805. The Morgan fingerprint density at radius 2 is 1.36 bits per heavy atom. The summed E-state index contributed by atoms with van der Waals surface area (Å²) in [6, 6.07) is 15.8. The molecule has 0 heterocycles. The normalized spacial score (nSPS) is 24.3. The molecule has 4 saturated carbocycles. The van der Waals surface area contributed by atoms with Gasteiger partial charge in [-0.2, -0.15) is 0 Å². The Kier molecular flexibility index (Phi) is 11.2. The Morgan fingerprint density at radius 1 is 0.778 bits per heavy atom. The summed E-state index contributed by atoms with van der Waals surface area (Å²) in [4.78, 5) is 41.2. The molecular formula is C37H52N4O4. The molecular weight excluding hydrogens is 564 g/mol. The predicted octanol–water partition coefficient (Wildman–Crippen LogP) is 4.84. The first-order valence-corrected chi connectivity index (χ1v) is 17.2. The predicted molar refractivity (Wildman–Crippen MR) is 177 cm³/mol. The number of hydrogen-bond acceptors (Lipinski definition) is 5. The van der Waals surface area contributed by atoms with E-state index in [2.05, 4.69) is 16.0 Å². The van der Waals surface area contributed by atoms with Crippen molar-refractivity contribution in [2.75, 3.05) is 19.7 Å². The summed E-state index contributed by atoms with van der Waals surface area (Å²) in [5, 5.41) is 9.37. The van der Waals surface area contributed by atoms with Crippen molar-refractivity contribution in [3.8, 4) is 5.75 Å². The van der Waals surface area contributed by atoms with Crippen LogP contribution < -0.4 is 26.4 Å². The van der Waals surface area contributed by atoms with Crippen LogP contribution in [0.15, 0.2) is 54.6 Å². The van der Waals surface area contributed by atoms with Gasteiger partial charge in [-0.1, -0.05) is 61.7 Å². The van der Waals surface area contributed by atoms with Crippen molar-refractivity contribution in [3.05, 3.63) is 65.7 Å². The molecule has 244 valence electrons. The third-order valence-corrected chi connectivity index (χ3v) is 10.8. The highest BCUT2D eigenvalue weighted by Gasteiger charge is 2.48.